The van der Waals surface area contributed by atoms with Crippen LogP contribution in [0.1, 0.15) is 65.9 Å². The van der Waals surface area contributed by atoms with Crippen LogP contribution >= 0.6 is 23.2 Å². The molecule has 1 unspecified atom stereocenters. The molecule has 2 aromatic carbocycles. The zero-order chi connectivity index (χ0) is 49.1. The number of ketones is 2. The Kier molecular flexibility index (Phi) is 15.8. The van der Waals surface area contributed by atoms with E-state index in [-0.39, 0.29) is 17.5 Å². The molecule has 364 valence electrons. The fourth-order valence-electron chi connectivity index (χ4n) is 9.62. The van der Waals surface area contributed by atoms with Crippen molar-refractivity contribution in [3.8, 4) is 34.0 Å². The van der Waals surface area contributed by atoms with Gasteiger partial charge in [-0.3, -0.25) is 9.59 Å². The number of ether oxygens (including phenoxy) is 2. The Morgan fingerprint density at radius 1 is 0.632 bits per heavy atom. The summed E-state index contributed by atoms with van der Waals surface area (Å²) >= 11 is 12.7. The molecule has 0 radical (unpaired) electrons. The number of sulfonamides is 1. The van der Waals surface area contributed by atoms with E-state index < -0.39 is 52.8 Å². The number of pyridine rings is 2. The number of carbonyl (C=O) groups is 2. The van der Waals surface area contributed by atoms with E-state index in [1.54, 1.807) is 59.4 Å². The van der Waals surface area contributed by atoms with Gasteiger partial charge in [0, 0.05) is 105 Å². The number of fused-ring (bicyclic) bond motifs is 2. The lowest BCUT2D eigenvalue weighted by atomic mass is 9.89. The van der Waals surface area contributed by atoms with Gasteiger partial charge in [-0.15, -0.1) is 0 Å². The summed E-state index contributed by atoms with van der Waals surface area (Å²) in [6, 6.07) is 17.8. The normalized spacial score (nSPS) is 16.4. The molecule has 15 nitrogen and oxygen atoms in total. The van der Waals surface area contributed by atoms with Gasteiger partial charge in [0.15, 0.2) is 31.2 Å². The van der Waals surface area contributed by atoms with Gasteiger partial charge in [0.25, 0.3) is 0 Å². The molecular weight excluding hydrogens is 974 g/mol. The summed E-state index contributed by atoms with van der Waals surface area (Å²) in [5, 5.41) is 2.43. The first kappa shape index (κ1) is 51.0. The lowest BCUT2D eigenvalue weighted by Crippen LogP contribution is -2.40. The molecule has 0 spiro atoms. The summed E-state index contributed by atoms with van der Waals surface area (Å²) in [4.78, 5) is 35.7. The Balaban J connectivity index is 0.000000203. The molecule has 2 fully saturated rings. The number of rotatable bonds is 15. The van der Waals surface area contributed by atoms with Crippen LogP contribution in [0.25, 0.3) is 44.1 Å². The third-order valence-corrected chi connectivity index (χ3v) is 15.7. The molecule has 0 N–H and O–H groups in total. The Labute approximate surface area is 407 Å². The first-order chi connectivity index (χ1) is 32.2. The second-order valence-electron chi connectivity index (χ2n) is 17.7. The summed E-state index contributed by atoms with van der Waals surface area (Å²) in [5.74, 6) is -1.22. The summed E-state index contributed by atoms with van der Waals surface area (Å²) in [7, 11) is -7.52. The van der Waals surface area contributed by atoms with Crippen LogP contribution in [-0.2, 0) is 42.8 Å². The number of nitrogens with zero attached hydrogens (tertiary/aromatic N) is 5. The monoisotopic (exact) mass is 1030 g/mol. The highest BCUT2D eigenvalue weighted by molar-refractivity contribution is 7.91. The molecule has 6 aromatic rings. The molecule has 68 heavy (non-hydrogen) atoms. The Morgan fingerprint density at radius 2 is 1.07 bits per heavy atom. The largest absolute Gasteiger partial charge is 0.481 e. The maximum atomic E-state index is 13.6. The number of Topliss-reactive ketones (excluding diaryl/α,β-unsaturated/α-hetero) is 2. The second-order valence-corrected chi connectivity index (χ2v) is 24.9. The van der Waals surface area contributed by atoms with E-state index in [1.807, 2.05) is 22.8 Å². The number of hydrogen-bond acceptors (Lipinski definition) is 12. The van der Waals surface area contributed by atoms with Crippen LogP contribution in [0.15, 0.2) is 73.1 Å². The molecule has 5 heterocycles. The van der Waals surface area contributed by atoms with Crippen molar-refractivity contribution in [2.45, 2.75) is 58.0 Å². The van der Waals surface area contributed by atoms with Crippen LogP contribution in [0.4, 0.5) is 0 Å². The molecule has 1 atom stereocenters. The van der Waals surface area contributed by atoms with Crippen LogP contribution < -0.4 is 9.47 Å². The summed E-state index contributed by atoms with van der Waals surface area (Å²) in [6.45, 7) is 1.76. The molecule has 8 rings (SSSR count). The van der Waals surface area contributed by atoms with Crippen molar-refractivity contribution in [3.05, 3.63) is 94.5 Å². The fraction of sp³-hybridized carbons (Fsp3) is 0.417. The third-order valence-electron chi connectivity index (χ3n) is 12.4. The van der Waals surface area contributed by atoms with E-state index in [1.165, 1.54) is 44.0 Å². The molecule has 1 saturated heterocycles. The van der Waals surface area contributed by atoms with E-state index in [4.69, 9.17) is 32.7 Å². The average molecular weight is 1030 g/mol. The van der Waals surface area contributed by atoms with Crippen LogP contribution in [0.5, 0.6) is 11.8 Å². The van der Waals surface area contributed by atoms with Crippen molar-refractivity contribution in [1.82, 2.24) is 23.4 Å². The lowest BCUT2D eigenvalue weighted by molar-refractivity contribution is 0.0998. The topological polar surface area (TPSA) is 194 Å². The summed E-state index contributed by atoms with van der Waals surface area (Å²) in [5.41, 5.74) is 4.42. The van der Waals surface area contributed by atoms with Crippen molar-refractivity contribution in [3.63, 3.8) is 0 Å². The third kappa shape index (κ3) is 11.8. The van der Waals surface area contributed by atoms with E-state index in [0.717, 1.165) is 42.7 Å². The van der Waals surface area contributed by atoms with Crippen molar-refractivity contribution in [2.75, 3.05) is 57.6 Å². The average Bonchev–Trinajstić information content (AvgIpc) is 3.76. The van der Waals surface area contributed by atoms with Gasteiger partial charge in [-0.05, 0) is 98.2 Å². The number of carbonyl (C=O) groups excluding carboxylic acids is 2. The number of methoxy groups -OCH3 is 2. The van der Waals surface area contributed by atoms with Crippen molar-refractivity contribution in [2.24, 2.45) is 11.8 Å². The van der Waals surface area contributed by atoms with Gasteiger partial charge in [-0.2, -0.15) is 0 Å². The molecular formula is C48H55Cl2N5O10S3. The van der Waals surface area contributed by atoms with E-state index in [9.17, 15) is 34.8 Å². The van der Waals surface area contributed by atoms with Gasteiger partial charge in [-0.1, -0.05) is 42.5 Å². The minimum Gasteiger partial charge on any atom is -0.481 e. The van der Waals surface area contributed by atoms with Crippen LogP contribution in [0.3, 0.4) is 0 Å². The van der Waals surface area contributed by atoms with E-state index in [2.05, 4.69) is 9.97 Å². The molecule has 20 heteroatoms. The predicted molar refractivity (Wildman–Crippen MR) is 267 cm³/mol. The number of sulfone groups is 2. The number of aromatic nitrogens is 4. The van der Waals surface area contributed by atoms with Crippen molar-refractivity contribution < 1.29 is 44.3 Å². The SMILES string of the molecule is COc1ncccc1-c1c(C(=O)CS(C)(=O)=O)n(CC2CCCCC2)c2ccc(Cl)cc12.COc1ncccc1-c1c(C(=O)CS(C)(=O)=O)n(CC2CCCN(S(C)(=O)=O)C2)c2ccc(Cl)cc12. The number of piperidine rings is 1. The van der Waals surface area contributed by atoms with Crippen molar-refractivity contribution >= 4 is 86.3 Å². The highest BCUT2D eigenvalue weighted by Crippen LogP contribution is 2.43. The highest BCUT2D eigenvalue weighted by Gasteiger charge is 2.33. The standard InChI is InChI=1S/C24H28ClN3O6S2.C24H27ClN2O4S/c1-34-24-18(7-4-10-26-24)22-19-12-17(25)8-9-20(19)28(23(22)21(29)15-35(2,30)31)14-16-6-5-11-27(13-16)36(3,32)33;1-31-24-18(9-6-12-26-24)22-19-13-17(25)10-11-20(19)27(14-16-7-4-3-5-8-16)23(22)21(28)15-32(2,29)30/h4,7-10,12,16H,5-6,11,13-15H2,1-3H3;6,9-13,16H,3-5,7-8,14-15H2,1-2H3. The number of benzene rings is 2. The van der Waals surface area contributed by atoms with Gasteiger partial charge < -0.3 is 18.6 Å². The molecule has 1 aliphatic heterocycles. The Morgan fingerprint density at radius 3 is 1.50 bits per heavy atom. The fourth-order valence-corrected chi connectivity index (χ4v) is 12.1. The van der Waals surface area contributed by atoms with Crippen LogP contribution in [0.2, 0.25) is 10.0 Å². The zero-order valence-corrected chi connectivity index (χ0v) is 42.5. The van der Waals surface area contributed by atoms with E-state index in [0.29, 0.717) is 93.3 Å². The number of halogens is 2. The minimum atomic E-state index is -3.63. The molecule has 4 aromatic heterocycles. The first-order valence-corrected chi connectivity index (χ1v) is 28.9. The molecule has 2 aliphatic rings. The van der Waals surface area contributed by atoms with Crippen LogP contribution in [0, 0.1) is 11.8 Å². The molecule has 1 saturated carbocycles. The smallest absolute Gasteiger partial charge is 0.221 e. The minimum absolute atomic E-state index is 0.0758. The Bertz CT molecular complexity index is 3220. The van der Waals surface area contributed by atoms with Gasteiger partial charge in [0.2, 0.25) is 21.8 Å². The molecule has 0 bridgehead atoms. The maximum absolute atomic E-state index is 13.6. The molecule has 0 amide bonds. The van der Waals surface area contributed by atoms with Gasteiger partial charge in [-0.25, -0.2) is 39.5 Å². The lowest BCUT2D eigenvalue weighted by Gasteiger charge is -2.31. The number of hydrogen-bond donors (Lipinski definition) is 0. The first-order valence-electron chi connectivity index (χ1n) is 22.2. The van der Waals surface area contributed by atoms with Gasteiger partial charge >= 0.3 is 0 Å². The van der Waals surface area contributed by atoms with Crippen LogP contribution in [-0.4, -0.2) is 118 Å². The van der Waals surface area contributed by atoms with Gasteiger partial charge in [0.05, 0.1) is 31.9 Å². The molecule has 1 aliphatic carbocycles. The highest BCUT2D eigenvalue weighted by atomic mass is 35.5. The maximum Gasteiger partial charge on any atom is 0.221 e. The van der Waals surface area contributed by atoms with Crippen molar-refractivity contribution in [1.29, 1.82) is 0 Å². The summed E-state index contributed by atoms with van der Waals surface area (Å²) < 4.78 is 89.0. The Hall–Kier alpha value is -4.85. The predicted octanol–water partition coefficient (Wildman–Crippen LogP) is 8.44. The van der Waals surface area contributed by atoms with Gasteiger partial charge in [0.1, 0.15) is 11.5 Å². The zero-order valence-electron chi connectivity index (χ0n) is 38.6. The quantitative estimate of drug-likeness (QED) is 0.0893. The second kappa shape index (κ2) is 21.0. The summed E-state index contributed by atoms with van der Waals surface area (Å²) in [6.07, 6.45) is 13.7. The van der Waals surface area contributed by atoms with E-state index >= 15 is 0 Å².